The van der Waals surface area contributed by atoms with Gasteiger partial charge in [0.25, 0.3) is 0 Å². The number of carbonyl (C=O) groups is 1. The van der Waals surface area contributed by atoms with Crippen molar-refractivity contribution in [1.82, 2.24) is 5.32 Å². The second-order valence-electron chi connectivity index (χ2n) is 7.52. The summed E-state index contributed by atoms with van der Waals surface area (Å²) in [5.74, 6) is 1.95. The molecule has 1 atom stereocenters. The molecule has 1 fully saturated rings. The van der Waals surface area contributed by atoms with Gasteiger partial charge in [0.15, 0.2) is 0 Å². The van der Waals surface area contributed by atoms with Crippen LogP contribution in [0.2, 0.25) is 0 Å². The zero-order chi connectivity index (χ0) is 19.9. The number of benzene rings is 2. The first kappa shape index (κ1) is 20.2. The Morgan fingerprint density at radius 2 is 1.82 bits per heavy atom. The average Bonchev–Trinajstić information content (AvgIpc) is 2.75. The Morgan fingerprint density at radius 1 is 1.11 bits per heavy atom. The number of hydrogen-bond acceptors (Lipinski definition) is 3. The maximum Gasteiger partial charge on any atom is 0.224 e. The van der Waals surface area contributed by atoms with Gasteiger partial charge in [-0.25, -0.2) is 0 Å². The van der Waals surface area contributed by atoms with Crippen molar-refractivity contribution in [1.29, 1.82) is 0 Å². The SMILES string of the molecule is COc1ccc(C[NH+]2CCC(C(=O)N[C@@H](C)c3ccccc3)CC2)c(OC)c1. The smallest absolute Gasteiger partial charge is 0.224 e. The Labute approximate surface area is 167 Å². The molecule has 1 aliphatic rings. The van der Waals surface area contributed by atoms with E-state index in [2.05, 4.69) is 23.5 Å². The number of methoxy groups -OCH3 is 2. The lowest BCUT2D eigenvalue weighted by Crippen LogP contribution is -3.11. The number of quaternary nitrogens is 1. The highest BCUT2D eigenvalue weighted by molar-refractivity contribution is 5.79. The fraction of sp³-hybridized carbons (Fsp3) is 0.435. The first-order chi connectivity index (χ1) is 13.6. The van der Waals surface area contributed by atoms with E-state index in [1.54, 1.807) is 14.2 Å². The zero-order valence-corrected chi connectivity index (χ0v) is 17.0. The number of rotatable bonds is 7. The minimum absolute atomic E-state index is 0.0441. The van der Waals surface area contributed by atoms with Crippen molar-refractivity contribution in [3.05, 3.63) is 59.7 Å². The molecule has 2 aromatic carbocycles. The number of ether oxygens (including phenoxy) is 2. The van der Waals surface area contributed by atoms with Crippen molar-refractivity contribution in [2.45, 2.75) is 32.4 Å². The first-order valence-electron chi connectivity index (χ1n) is 10.0. The van der Waals surface area contributed by atoms with Gasteiger partial charge in [-0.05, 0) is 24.6 Å². The van der Waals surface area contributed by atoms with Gasteiger partial charge in [0.2, 0.25) is 5.91 Å². The molecule has 1 aliphatic heterocycles. The van der Waals surface area contributed by atoms with Crippen LogP contribution in [0, 0.1) is 5.92 Å². The van der Waals surface area contributed by atoms with E-state index < -0.39 is 0 Å². The third-order valence-electron chi connectivity index (χ3n) is 5.66. The summed E-state index contributed by atoms with van der Waals surface area (Å²) < 4.78 is 10.8. The van der Waals surface area contributed by atoms with E-state index in [1.807, 2.05) is 37.3 Å². The molecule has 1 heterocycles. The molecule has 28 heavy (non-hydrogen) atoms. The molecule has 5 nitrogen and oxygen atoms in total. The lowest BCUT2D eigenvalue weighted by Gasteiger charge is -2.29. The molecular formula is C23H31N2O3+. The minimum Gasteiger partial charge on any atom is -0.497 e. The number of likely N-dealkylation sites (tertiary alicyclic amines) is 1. The van der Waals surface area contributed by atoms with Crippen LogP contribution in [0.15, 0.2) is 48.5 Å². The predicted molar refractivity (Wildman–Crippen MR) is 110 cm³/mol. The minimum atomic E-state index is 0.0441. The Morgan fingerprint density at radius 3 is 2.46 bits per heavy atom. The molecule has 0 aliphatic carbocycles. The third-order valence-corrected chi connectivity index (χ3v) is 5.66. The topological polar surface area (TPSA) is 52.0 Å². The Balaban J connectivity index is 1.51. The van der Waals surface area contributed by atoms with Gasteiger partial charge in [0, 0.05) is 30.4 Å². The van der Waals surface area contributed by atoms with E-state index in [0.29, 0.717) is 0 Å². The van der Waals surface area contributed by atoms with E-state index in [4.69, 9.17) is 9.47 Å². The molecule has 2 N–H and O–H groups in total. The molecule has 2 aromatic rings. The normalized spacial score (nSPS) is 20.2. The lowest BCUT2D eigenvalue weighted by molar-refractivity contribution is -0.919. The molecule has 3 rings (SSSR count). The molecule has 1 saturated heterocycles. The van der Waals surface area contributed by atoms with Crippen molar-refractivity contribution in [3.63, 3.8) is 0 Å². The average molecular weight is 384 g/mol. The summed E-state index contributed by atoms with van der Waals surface area (Å²) in [6.45, 7) is 4.94. The standard InChI is InChI=1S/C23H30N2O3/c1-17(18-7-5-4-6-8-18)24-23(26)19-11-13-25(14-12-19)16-20-9-10-21(27-2)15-22(20)28-3/h4-10,15,17,19H,11-14,16H2,1-3H3,(H,24,26)/p+1/t17-/m0/s1. The summed E-state index contributed by atoms with van der Waals surface area (Å²) in [6.07, 6.45) is 1.84. The van der Waals surface area contributed by atoms with Gasteiger partial charge in [-0.2, -0.15) is 0 Å². The van der Waals surface area contributed by atoms with Crippen LogP contribution >= 0.6 is 0 Å². The molecular weight excluding hydrogens is 352 g/mol. The van der Waals surface area contributed by atoms with Crippen LogP contribution in [0.25, 0.3) is 0 Å². The maximum atomic E-state index is 12.7. The summed E-state index contributed by atoms with van der Waals surface area (Å²) in [7, 11) is 3.35. The van der Waals surface area contributed by atoms with Crippen molar-refractivity contribution in [3.8, 4) is 11.5 Å². The molecule has 0 radical (unpaired) electrons. The molecule has 150 valence electrons. The van der Waals surface area contributed by atoms with Gasteiger partial charge in [-0.1, -0.05) is 30.3 Å². The number of carbonyl (C=O) groups excluding carboxylic acids is 1. The molecule has 0 spiro atoms. The number of hydrogen-bond donors (Lipinski definition) is 2. The van der Waals surface area contributed by atoms with Crippen molar-refractivity contribution in [2.75, 3.05) is 27.3 Å². The highest BCUT2D eigenvalue weighted by Crippen LogP contribution is 2.24. The Hall–Kier alpha value is -2.53. The van der Waals surface area contributed by atoms with E-state index >= 15 is 0 Å². The predicted octanol–water partition coefficient (Wildman–Crippen LogP) is 2.38. The van der Waals surface area contributed by atoms with Crippen LogP contribution in [-0.4, -0.2) is 33.2 Å². The maximum absolute atomic E-state index is 12.7. The van der Waals surface area contributed by atoms with Crippen molar-refractivity contribution < 1.29 is 19.2 Å². The van der Waals surface area contributed by atoms with Gasteiger partial charge in [-0.3, -0.25) is 4.79 Å². The number of nitrogens with one attached hydrogen (secondary N) is 2. The zero-order valence-electron chi connectivity index (χ0n) is 17.0. The quantitative estimate of drug-likeness (QED) is 0.772. The summed E-state index contributed by atoms with van der Waals surface area (Å²) in [4.78, 5) is 14.2. The largest absolute Gasteiger partial charge is 0.497 e. The second kappa shape index (κ2) is 9.60. The van der Waals surface area contributed by atoms with E-state index in [1.165, 1.54) is 10.5 Å². The van der Waals surface area contributed by atoms with Crippen LogP contribution in [0.5, 0.6) is 11.5 Å². The van der Waals surface area contributed by atoms with Crippen LogP contribution in [-0.2, 0) is 11.3 Å². The summed E-state index contributed by atoms with van der Waals surface area (Å²) in [6, 6.07) is 16.1. The summed E-state index contributed by atoms with van der Waals surface area (Å²) >= 11 is 0. The van der Waals surface area contributed by atoms with Gasteiger partial charge in [-0.15, -0.1) is 0 Å². The summed E-state index contributed by atoms with van der Waals surface area (Å²) in [5.41, 5.74) is 2.32. The van der Waals surface area contributed by atoms with E-state index in [0.717, 1.165) is 49.5 Å². The van der Waals surface area contributed by atoms with Gasteiger partial charge >= 0.3 is 0 Å². The van der Waals surface area contributed by atoms with E-state index in [-0.39, 0.29) is 17.9 Å². The Kier molecular flexibility index (Phi) is 6.93. The molecule has 5 heteroatoms. The van der Waals surface area contributed by atoms with Crippen LogP contribution in [0.3, 0.4) is 0 Å². The van der Waals surface area contributed by atoms with E-state index in [9.17, 15) is 4.79 Å². The highest BCUT2D eigenvalue weighted by Gasteiger charge is 2.28. The monoisotopic (exact) mass is 383 g/mol. The lowest BCUT2D eigenvalue weighted by atomic mass is 9.94. The fourth-order valence-electron chi connectivity index (χ4n) is 3.89. The van der Waals surface area contributed by atoms with Crippen LogP contribution < -0.4 is 19.7 Å². The first-order valence-corrected chi connectivity index (χ1v) is 10.0. The molecule has 0 bridgehead atoms. The molecule has 0 aromatic heterocycles. The Bertz CT molecular complexity index is 771. The van der Waals surface area contributed by atoms with Crippen molar-refractivity contribution in [2.24, 2.45) is 5.92 Å². The third kappa shape index (κ3) is 5.04. The van der Waals surface area contributed by atoms with Gasteiger partial charge in [0.05, 0.1) is 33.4 Å². The number of piperidine rings is 1. The van der Waals surface area contributed by atoms with Crippen LogP contribution in [0.4, 0.5) is 0 Å². The summed E-state index contributed by atoms with van der Waals surface area (Å²) in [5, 5.41) is 3.18. The van der Waals surface area contributed by atoms with Gasteiger partial charge < -0.3 is 19.7 Å². The molecule has 0 unspecified atom stereocenters. The molecule has 0 saturated carbocycles. The van der Waals surface area contributed by atoms with Crippen molar-refractivity contribution >= 4 is 5.91 Å². The number of amides is 1. The highest BCUT2D eigenvalue weighted by atomic mass is 16.5. The van der Waals surface area contributed by atoms with Crippen LogP contribution in [0.1, 0.15) is 36.9 Å². The fourth-order valence-corrected chi connectivity index (χ4v) is 3.89. The second-order valence-corrected chi connectivity index (χ2v) is 7.52. The van der Waals surface area contributed by atoms with Gasteiger partial charge in [0.1, 0.15) is 18.0 Å². The molecule has 1 amide bonds.